The second-order valence-corrected chi connectivity index (χ2v) is 5.69. The van der Waals surface area contributed by atoms with E-state index >= 15 is 0 Å². The number of nitrogens with one attached hydrogen (secondary N) is 2. The molecule has 5 nitrogen and oxygen atoms in total. The second-order valence-electron chi connectivity index (χ2n) is 5.69. The number of para-hydroxylation sites is 1. The van der Waals surface area contributed by atoms with Crippen molar-refractivity contribution >= 4 is 23.5 Å². The molecule has 3 rings (SSSR count). The Hall–Kier alpha value is -2.86. The van der Waals surface area contributed by atoms with Crippen LogP contribution in [0, 0.1) is 5.82 Å². The zero-order valence-corrected chi connectivity index (χ0v) is 13.0. The first-order valence-corrected chi connectivity index (χ1v) is 7.45. The summed E-state index contributed by atoms with van der Waals surface area (Å²) in [6, 6.07) is 11.3. The smallest absolute Gasteiger partial charge is 0.323 e. The van der Waals surface area contributed by atoms with Crippen molar-refractivity contribution in [2.75, 3.05) is 17.2 Å². The van der Waals surface area contributed by atoms with Crippen LogP contribution in [0.15, 0.2) is 48.5 Å². The molecule has 0 saturated heterocycles. The van der Waals surface area contributed by atoms with Crippen LogP contribution in [0.2, 0.25) is 0 Å². The lowest BCUT2D eigenvalue weighted by Crippen LogP contribution is -2.36. The van der Waals surface area contributed by atoms with Crippen LogP contribution in [0.4, 0.5) is 20.6 Å². The molecule has 2 amide bonds. The first-order chi connectivity index (χ1) is 11.5. The van der Waals surface area contributed by atoms with Gasteiger partial charge in [0.1, 0.15) is 11.4 Å². The Kier molecular flexibility index (Phi) is 4.22. The van der Waals surface area contributed by atoms with E-state index in [1.54, 1.807) is 49.4 Å². The molecule has 3 N–H and O–H groups in total. The largest absolute Gasteiger partial charge is 0.480 e. The molecular formula is C18H17FN2O3. The summed E-state index contributed by atoms with van der Waals surface area (Å²) < 4.78 is 20.2. The van der Waals surface area contributed by atoms with Gasteiger partial charge in [-0.15, -0.1) is 0 Å². The number of halogens is 1. The number of urea groups is 1. The highest BCUT2D eigenvalue weighted by Gasteiger charge is 2.28. The molecule has 24 heavy (non-hydrogen) atoms. The fourth-order valence-corrected chi connectivity index (χ4v) is 2.35. The highest BCUT2D eigenvalue weighted by atomic mass is 19.1. The van der Waals surface area contributed by atoms with E-state index in [1.807, 2.05) is 6.07 Å². The molecule has 124 valence electrons. The predicted octanol–water partition coefficient (Wildman–Crippen LogP) is 3.63. The maximum atomic E-state index is 14.6. The van der Waals surface area contributed by atoms with Crippen molar-refractivity contribution in [2.45, 2.75) is 12.5 Å². The fourth-order valence-electron chi connectivity index (χ4n) is 2.35. The average Bonchev–Trinajstić information content (AvgIpc) is 2.58. The molecule has 0 radical (unpaired) electrons. The molecule has 1 atom stereocenters. The number of fused-ring (bicyclic) bond motifs is 1. The molecule has 6 heteroatoms. The second kappa shape index (κ2) is 6.33. The molecule has 0 spiro atoms. The lowest BCUT2D eigenvalue weighted by atomic mass is 10.0. The Labute approximate surface area is 138 Å². The third kappa shape index (κ3) is 3.23. The summed E-state index contributed by atoms with van der Waals surface area (Å²) in [7, 11) is 0. The molecule has 0 bridgehead atoms. The summed E-state index contributed by atoms with van der Waals surface area (Å²) in [6.07, 6.45) is 3.14. The Morgan fingerprint density at radius 1 is 1.21 bits per heavy atom. The van der Waals surface area contributed by atoms with Crippen LogP contribution >= 0.6 is 0 Å². The number of aliphatic hydroxyl groups is 1. The lowest BCUT2D eigenvalue weighted by Gasteiger charge is -2.30. The molecule has 1 heterocycles. The topological polar surface area (TPSA) is 70.6 Å². The zero-order valence-electron chi connectivity index (χ0n) is 13.0. The summed E-state index contributed by atoms with van der Waals surface area (Å²) >= 11 is 0. The number of anilines is 2. The Morgan fingerprint density at radius 3 is 2.67 bits per heavy atom. The highest BCUT2D eigenvalue weighted by molar-refractivity contribution is 6.00. The quantitative estimate of drug-likeness (QED) is 0.806. The zero-order chi connectivity index (χ0) is 17.2. The lowest BCUT2D eigenvalue weighted by molar-refractivity contribution is 0.0637. The van der Waals surface area contributed by atoms with Gasteiger partial charge < -0.3 is 20.5 Å². The van der Waals surface area contributed by atoms with Gasteiger partial charge in [-0.25, -0.2) is 9.18 Å². The molecule has 0 aromatic heterocycles. The van der Waals surface area contributed by atoms with E-state index < -0.39 is 17.4 Å². The Balaban J connectivity index is 1.78. The van der Waals surface area contributed by atoms with Gasteiger partial charge in [-0.2, -0.15) is 0 Å². The van der Waals surface area contributed by atoms with Crippen LogP contribution < -0.4 is 15.4 Å². The number of carbonyl (C=O) groups excluding carboxylic acids is 1. The van der Waals surface area contributed by atoms with Gasteiger partial charge in [0, 0.05) is 5.69 Å². The third-order valence-electron chi connectivity index (χ3n) is 3.68. The number of benzene rings is 2. The molecule has 2 aromatic carbocycles. The van der Waals surface area contributed by atoms with Crippen LogP contribution in [0.5, 0.6) is 5.75 Å². The number of amides is 2. The van der Waals surface area contributed by atoms with E-state index in [9.17, 15) is 14.3 Å². The SMILES string of the molecule is CC1(CO)C=Cc2c(ccc(NC(=O)Nc3ccccc3)c2F)O1. The summed E-state index contributed by atoms with van der Waals surface area (Å²) in [5.74, 6) is -0.271. The molecule has 0 saturated carbocycles. The highest BCUT2D eigenvalue weighted by Crippen LogP contribution is 2.35. The third-order valence-corrected chi connectivity index (χ3v) is 3.68. The van der Waals surface area contributed by atoms with Gasteiger partial charge in [0.05, 0.1) is 17.9 Å². The normalized spacial score (nSPS) is 18.5. The van der Waals surface area contributed by atoms with Crippen molar-refractivity contribution < 1.29 is 19.0 Å². The summed E-state index contributed by atoms with van der Waals surface area (Å²) in [5, 5.41) is 14.4. The van der Waals surface area contributed by atoms with Gasteiger partial charge in [0.2, 0.25) is 0 Å². The van der Waals surface area contributed by atoms with Crippen molar-refractivity contribution in [3.05, 3.63) is 59.9 Å². The van der Waals surface area contributed by atoms with Crippen molar-refractivity contribution in [3.8, 4) is 5.75 Å². The molecule has 1 aliphatic rings. The minimum absolute atomic E-state index is 0.0445. The first-order valence-electron chi connectivity index (χ1n) is 7.45. The van der Waals surface area contributed by atoms with Crippen LogP contribution in [0.25, 0.3) is 6.08 Å². The van der Waals surface area contributed by atoms with Gasteiger partial charge in [-0.1, -0.05) is 18.2 Å². The Morgan fingerprint density at radius 2 is 1.96 bits per heavy atom. The number of hydrogen-bond donors (Lipinski definition) is 3. The average molecular weight is 328 g/mol. The monoisotopic (exact) mass is 328 g/mol. The molecule has 0 aliphatic carbocycles. The molecule has 1 unspecified atom stereocenters. The number of ether oxygens (including phenoxy) is 1. The summed E-state index contributed by atoms with van der Waals surface area (Å²) in [5.41, 5.74) is 0.00998. The van der Waals surface area contributed by atoms with E-state index in [2.05, 4.69) is 10.6 Å². The predicted molar refractivity (Wildman–Crippen MR) is 90.6 cm³/mol. The van der Waals surface area contributed by atoms with Crippen LogP contribution in [0.3, 0.4) is 0 Å². The molecule has 2 aromatic rings. The molecular weight excluding hydrogens is 311 g/mol. The fraction of sp³-hybridized carbons (Fsp3) is 0.167. The van der Waals surface area contributed by atoms with Gasteiger partial charge >= 0.3 is 6.03 Å². The number of hydrogen-bond acceptors (Lipinski definition) is 3. The standard InChI is InChI=1S/C18H17FN2O3/c1-18(11-22)10-9-13-15(24-18)8-7-14(16(13)19)21-17(23)20-12-5-3-2-4-6-12/h2-10,22H,11H2,1H3,(H2,20,21,23). The molecule has 0 fully saturated rings. The van der Waals surface area contributed by atoms with Crippen molar-refractivity contribution in [3.63, 3.8) is 0 Å². The van der Waals surface area contributed by atoms with Crippen molar-refractivity contribution in [1.29, 1.82) is 0 Å². The Bertz CT molecular complexity index is 792. The maximum Gasteiger partial charge on any atom is 0.323 e. The van der Waals surface area contributed by atoms with Gasteiger partial charge in [-0.05, 0) is 43.3 Å². The van der Waals surface area contributed by atoms with E-state index in [0.717, 1.165) is 0 Å². The van der Waals surface area contributed by atoms with Gasteiger partial charge in [0.15, 0.2) is 5.82 Å². The minimum atomic E-state index is -0.876. The van der Waals surface area contributed by atoms with E-state index in [1.165, 1.54) is 6.07 Å². The van der Waals surface area contributed by atoms with Crippen molar-refractivity contribution in [2.24, 2.45) is 0 Å². The van der Waals surface area contributed by atoms with Crippen molar-refractivity contribution in [1.82, 2.24) is 0 Å². The number of rotatable bonds is 3. The molecule has 1 aliphatic heterocycles. The summed E-state index contributed by atoms with van der Waals surface area (Å²) in [4.78, 5) is 12.0. The van der Waals surface area contributed by atoms with Crippen LogP contribution in [0.1, 0.15) is 12.5 Å². The van der Waals surface area contributed by atoms with E-state index in [0.29, 0.717) is 11.4 Å². The van der Waals surface area contributed by atoms with Crippen LogP contribution in [-0.2, 0) is 0 Å². The first kappa shape index (κ1) is 16.0. The van der Waals surface area contributed by atoms with Gasteiger partial charge in [-0.3, -0.25) is 0 Å². The van der Waals surface area contributed by atoms with E-state index in [-0.39, 0.29) is 17.9 Å². The maximum absolute atomic E-state index is 14.6. The van der Waals surface area contributed by atoms with Gasteiger partial charge in [0.25, 0.3) is 0 Å². The minimum Gasteiger partial charge on any atom is -0.480 e. The number of aliphatic hydroxyl groups excluding tert-OH is 1. The van der Waals surface area contributed by atoms with E-state index in [4.69, 9.17) is 4.74 Å². The number of carbonyl (C=O) groups is 1. The van der Waals surface area contributed by atoms with Crippen LogP contribution in [-0.4, -0.2) is 23.3 Å². The summed E-state index contributed by atoms with van der Waals surface area (Å²) in [6.45, 7) is 1.48.